The predicted octanol–water partition coefficient (Wildman–Crippen LogP) is 1.99. The van der Waals surface area contributed by atoms with Gasteiger partial charge in [-0.3, -0.25) is 4.79 Å². The van der Waals surface area contributed by atoms with E-state index in [9.17, 15) is 9.59 Å². The molecule has 0 atom stereocenters. The van der Waals surface area contributed by atoms with Gasteiger partial charge in [0.15, 0.2) is 0 Å². The minimum Gasteiger partial charge on any atom is -0.478 e. The Kier molecular flexibility index (Phi) is 3.66. The second-order valence-corrected chi connectivity index (χ2v) is 4.29. The van der Waals surface area contributed by atoms with Gasteiger partial charge in [0.2, 0.25) is 5.56 Å². The second kappa shape index (κ2) is 5.39. The molecule has 0 bridgehead atoms. The van der Waals surface area contributed by atoms with Crippen molar-refractivity contribution >= 4 is 11.8 Å². The van der Waals surface area contributed by atoms with E-state index in [1.54, 1.807) is 0 Å². The van der Waals surface area contributed by atoms with Crippen molar-refractivity contribution < 1.29 is 9.90 Å². The Morgan fingerprint density at radius 2 is 1.95 bits per heavy atom. The molecule has 5 heteroatoms. The topological polar surface area (TPSA) is 82.2 Å². The van der Waals surface area contributed by atoms with E-state index in [2.05, 4.69) is 10.3 Å². The molecule has 3 N–H and O–H groups in total. The summed E-state index contributed by atoms with van der Waals surface area (Å²) in [6.07, 6.45) is 0. The molecule has 98 valence electrons. The lowest BCUT2D eigenvalue weighted by molar-refractivity contribution is 0.0696. The van der Waals surface area contributed by atoms with E-state index in [1.807, 2.05) is 31.2 Å². The number of pyridine rings is 1. The third-order valence-corrected chi connectivity index (χ3v) is 2.69. The monoisotopic (exact) mass is 258 g/mol. The maximum absolute atomic E-state index is 11.3. The first kappa shape index (κ1) is 12.9. The average molecular weight is 258 g/mol. The number of aromatic nitrogens is 1. The standard InChI is InChI=1S/C14H14N2O3/c1-9-2-4-10(5-3-9)8-15-12-6-11(14(18)19)7-13(17)16-12/h2-7H,8H2,1H3,(H,18,19)(H2,15,16,17). The fraction of sp³-hybridized carbons (Fsp3) is 0.143. The van der Waals surface area contributed by atoms with Crippen LogP contribution in [-0.2, 0) is 6.54 Å². The van der Waals surface area contributed by atoms with Gasteiger partial charge in [-0.1, -0.05) is 29.8 Å². The summed E-state index contributed by atoms with van der Waals surface area (Å²) in [6, 6.07) is 10.4. The van der Waals surface area contributed by atoms with Crippen molar-refractivity contribution in [1.82, 2.24) is 4.98 Å². The van der Waals surface area contributed by atoms with Crippen LogP contribution in [0.15, 0.2) is 41.2 Å². The molecule has 0 fully saturated rings. The molecule has 0 spiro atoms. The summed E-state index contributed by atoms with van der Waals surface area (Å²) in [4.78, 5) is 24.7. The highest BCUT2D eigenvalue weighted by Gasteiger charge is 2.05. The van der Waals surface area contributed by atoms with Crippen LogP contribution in [0.1, 0.15) is 21.5 Å². The van der Waals surface area contributed by atoms with Crippen molar-refractivity contribution in [3.05, 3.63) is 63.4 Å². The van der Waals surface area contributed by atoms with Gasteiger partial charge >= 0.3 is 5.97 Å². The Hall–Kier alpha value is -2.56. The van der Waals surface area contributed by atoms with Crippen LogP contribution in [0.2, 0.25) is 0 Å². The summed E-state index contributed by atoms with van der Waals surface area (Å²) < 4.78 is 0. The van der Waals surface area contributed by atoms with Crippen LogP contribution in [0, 0.1) is 6.92 Å². The predicted molar refractivity (Wildman–Crippen MR) is 72.5 cm³/mol. The van der Waals surface area contributed by atoms with Gasteiger partial charge in [0.1, 0.15) is 5.82 Å². The third kappa shape index (κ3) is 3.45. The number of nitrogens with one attached hydrogen (secondary N) is 2. The molecule has 0 unspecified atom stereocenters. The Labute approximate surface area is 109 Å². The molecule has 0 saturated heterocycles. The SMILES string of the molecule is Cc1ccc(CNc2cc(C(=O)O)cc(=O)[nH]2)cc1. The molecule has 0 aliphatic heterocycles. The van der Waals surface area contributed by atoms with Crippen LogP contribution in [0.5, 0.6) is 0 Å². The number of hydrogen-bond acceptors (Lipinski definition) is 3. The number of hydrogen-bond donors (Lipinski definition) is 3. The number of rotatable bonds is 4. The minimum atomic E-state index is -1.12. The van der Waals surface area contributed by atoms with E-state index in [1.165, 1.54) is 11.6 Å². The van der Waals surface area contributed by atoms with Crippen LogP contribution in [0.25, 0.3) is 0 Å². The van der Waals surface area contributed by atoms with E-state index in [4.69, 9.17) is 5.11 Å². The summed E-state index contributed by atoms with van der Waals surface area (Å²) in [5.74, 6) is -0.727. The normalized spacial score (nSPS) is 10.2. The van der Waals surface area contributed by atoms with Crippen molar-refractivity contribution in [2.75, 3.05) is 5.32 Å². The number of benzene rings is 1. The quantitative estimate of drug-likeness (QED) is 0.783. The van der Waals surface area contributed by atoms with Crippen LogP contribution >= 0.6 is 0 Å². The second-order valence-electron chi connectivity index (χ2n) is 4.29. The molecule has 2 rings (SSSR count). The number of aromatic amines is 1. The first-order valence-corrected chi connectivity index (χ1v) is 5.82. The van der Waals surface area contributed by atoms with Crippen molar-refractivity contribution in [1.29, 1.82) is 0 Å². The lowest BCUT2D eigenvalue weighted by Crippen LogP contribution is -2.13. The number of aromatic carboxylic acids is 1. The van der Waals surface area contributed by atoms with Gasteiger partial charge in [0.25, 0.3) is 0 Å². The molecule has 0 saturated carbocycles. The Morgan fingerprint density at radius 1 is 1.26 bits per heavy atom. The Bertz CT molecular complexity index is 644. The summed E-state index contributed by atoms with van der Waals surface area (Å²) >= 11 is 0. The molecule has 1 aromatic heterocycles. The van der Waals surface area contributed by atoms with Crippen LogP contribution in [-0.4, -0.2) is 16.1 Å². The summed E-state index contributed by atoms with van der Waals surface area (Å²) in [6.45, 7) is 2.52. The third-order valence-electron chi connectivity index (χ3n) is 2.69. The highest BCUT2D eigenvalue weighted by molar-refractivity contribution is 5.88. The largest absolute Gasteiger partial charge is 0.478 e. The highest BCUT2D eigenvalue weighted by atomic mass is 16.4. The molecule has 19 heavy (non-hydrogen) atoms. The maximum atomic E-state index is 11.3. The molecule has 2 aromatic rings. The molecule has 5 nitrogen and oxygen atoms in total. The van der Waals surface area contributed by atoms with E-state index in [-0.39, 0.29) is 5.56 Å². The molecule has 1 aromatic carbocycles. The zero-order chi connectivity index (χ0) is 13.8. The number of aryl methyl sites for hydroxylation is 1. The van der Waals surface area contributed by atoms with Gasteiger partial charge in [0, 0.05) is 12.6 Å². The van der Waals surface area contributed by atoms with E-state index in [0.717, 1.165) is 11.6 Å². The number of carbonyl (C=O) groups is 1. The Morgan fingerprint density at radius 3 is 2.58 bits per heavy atom. The van der Waals surface area contributed by atoms with E-state index < -0.39 is 11.5 Å². The van der Waals surface area contributed by atoms with Gasteiger partial charge in [-0.15, -0.1) is 0 Å². The van der Waals surface area contributed by atoms with Crippen molar-refractivity contribution in [2.45, 2.75) is 13.5 Å². The number of carboxylic acids is 1. The van der Waals surface area contributed by atoms with Crippen LogP contribution in [0.4, 0.5) is 5.82 Å². The average Bonchev–Trinajstić information content (AvgIpc) is 2.37. The van der Waals surface area contributed by atoms with Gasteiger partial charge < -0.3 is 15.4 Å². The first-order valence-electron chi connectivity index (χ1n) is 5.82. The molecule has 0 radical (unpaired) electrons. The number of H-pyrrole nitrogens is 1. The van der Waals surface area contributed by atoms with Crippen molar-refractivity contribution in [3.8, 4) is 0 Å². The van der Waals surface area contributed by atoms with Crippen LogP contribution in [0.3, 0.4) is 0 Å². The molecular weight excluding hydrogens is 244 g/mol. The molecule has 0 amide bonds. The lowest BCUT2D eigenvalue weighted by Gasteiger charge is -2.07. The van der Waals surface area contributed by atoms with Crippen molar-refractivity contribution in [2.24, 2.45) is 0 Å². The summed E-state index contributed by atoms with van der Waals surface area (Å²) in [5, 5.41) is 11.9. The fourth-order valence-corrected chi connectivity index (χ4v) is 1.67. The van der Waals surface area contributed by atoms with E-state index >= 15 is 0 Å². The smallest absolute Gasteiger partial charge is 0.336 e. The molecule has 0 aliphatic carbocycles. The molecule has 1 heterocycles. The molecule has 0 aliphatic rings. The number of anilines is 1. The Balaban J connectivity index is 2.13. The fourth-order valence-electron chi connectivity index (χ4n) is 1.67. The number of carboxylic acid groups (broad SMARTS) is 1. The zero-order valence-electron chi connectivity index (χ0n) is 10.4. The molecular formula is C14H14N2O3. The summed E-state index contributed by atoms with van der Waals surface area (Å²) in [5.41, 5.74) is 1.75. The minimum absolute atomic E-state index is 0.0323. The van der Waals surface area contributed by atoms with E-state index in [0.29, 0.717) is 12.4 Å². The van der Waals surface area contributed by atoms with Crippen LogP contribution < -0.4 is 10.9 Å². The zero-order valence-corrected chi connectivity index (χ0v) is 10.4. The summed E-state index contributed by atoms with van der Waals surface area (Å²) in [7, 11) is 0. The first-order chi connectivity index (χ1) is 9.04. The highest BCUT2D eigenvalue weighted by Crippen LogP contribution is 2.08. The lowest BCUT2D eigenvalue weighted by atomic mass is 10.1. The van der Waals surface area contributed by atoms with Gasteiger partial charge in [-0.2, -0.15) is 0 Å². The van der Waals surface area contributed by atoms with Gasteiger partial charge in [-0.05, 0) is 18.6 Å². The van der Waals surface area contributed by atoms with Crippen molar-refractivity contribution in [3.63, 3.8) is 0 Å². The van der Waals surface area contributed by atoms with Gasteiger partial charge in [-0.25, -0.2) is 4.79 Å². The maximum Gasteiger partial charge on any atom is 0.336 e. The van der Waals surface area contributed by atoms with Gasteiger partial charge in [0.05, 0.1) is 5.56 Å².